The van der Waals surface area contributed by atoms with Crippen LogP contribution < -0.4 is 10.4 Å². The lowest BCUT2D eigenvalue weighted by atomic mass is 9.85. The van der Waals surface area contributed by atoms with Gasteiger partial charge in [0.15, 0.2) is 0 Å². The van der Waals surface area contributed by atoms with Gasteiger partial charge in [0.2, 0.25) is 0 Å². The first-order valence-electron chi connectivity index (χ1n) is 9.56. The third-order valence-corrected chi connectivity index (χ3v) is 5.70. The predicted octanol–water partition coefficient (Wildman–Crippen LogP) is 2.84. The van der Waals surface area contributed by atoms with Crippen LogP contribution in [0.2, 0.25) is 0 Å². The number of halogens is 1. The number of benzene rings is 2. The Labute approximate surface area is 168 Å². The fourth-order valence-electron chi connectivity index (χ4n) is 4.30. The van der Waals surface area contributed by atoms with Crippen LogP contribution in [0.4, 0.5) is 10.1 Å². The van der Waals surface area contributed by atoms with E-state index in [1.165, 1.54) is 30.3 Å². The molecule has 6 nitrogen and oxygen atoms in total. The molecule has 0 aliphatic carbocycles. The zero-order chi connectivity index (χ0) is 20.4. The van der Waals surface area contributed by atoms with Crippen molar-refractivity contribution in [1.82, 2.24) is 10.4 Å². The number of hydrogen-bond donors (Lipinski definition) is 2. The van der Waals surface area contributed by atoms with E-state index < -0.39 is 5.91 Å². The Bertz CT molecular complexity index is 952. The van der Waals surface area contributed by atoms with E-state index in [1.807, 2.05) is 24.3 Å². The van der Waals surface area contributed by atoms with E-state index in [-0.39, 0.29) is 17.3 Å². The first-order valence-corrected chi connectivity index (χ1v) is 9.56. The second-order valence-corrected chi connectivity index (χ2v) is 7.52. The Balaban J connectivity index is 1.53. The molecule has 2 aromatic rings. The van der Waals surface area contributed by atoms with Crippen molar-refractivity contribution in [3.05, 3.63) is 71.6 Å². The van der Waals surface area contributed by atoms with Gasteiger partial charge in [0, 0.05) is 37.0 Å². The molecule has 150 valence electrons. The molecule has 0 radical (unpaired) electrons. The van der Waals surface area contributed by atoms with Crippen LogP contribution in [-0.2, 0) is 4.79 Å². The van der Waals surface area contributed by atoms with Crippen LogP contribution in [0, 0.1) is 5.82 Å². The van der Waals surface area contributed by atoms with Gasteiger partial charge in [-0.05, 0) is 54.8 Å². The molecular formula is C22H22FN3O3. The van der Waals surface area contributed by atoms with Gasteiger partial charge in [-0.2, -0.15) is 0 Å². The van der Waals surface area contributed by atoms with E-state index in [9.17, 15) is 14.0 Å². The molecule has 2 fully saturated rings. The molecule has 0 aromatic heterocycles. The summed E-state index contributed by atoms with van der Waals surface area (Å²) in [6.07, 6.45) is 4.96. The minimum absolute atomic E-state index is 0.0877. The first-order chi connectivity index (χ1) is 14.0. The van der Waals surface area contributed by atoms with Crippen LogP contribution in [-0.4, -0.2) is 47.1 Å². The monoisotopic (exact) mass is 395 g/mol. The van der Waals surface area contributed by atoms with Crippen LogP contribution in [0.1, 0.15) is 28.8 Å². The number of anilines is 1. The highest BCUT2D eigenvalue weighted by atomic mass is 19.1. The van der Waals surface area contributed by atoms with Crippen molar-refractivity contribution in [2.24, 2.45) is 0 Å². The van der Waals surface area contributed by atoms with Gasteiger partial charge in [0.05, 0.1) is 5.54 Å². The zero-order valence-corrected chi connectivity index (χ0v) is 15.8. The summed E-state index contributed by atoms with van der Waals surface area (Å²) in [7, 11) is 0. The van der Waals surface area contributed by atoms with Gasteiger partial charge >= 0.3 is 0 Å². The third kappa shape index (κ3) is 3.61. The van der Waals surface area contributed by atoms with Crippen molar-refractivity contribution in [3.8, 4) is 0 Å². The number of likely N-dealkylation sites (tertiary alicyclic amines) is 1. The molecule has 2 heterocycles. The minimum Gasteiger partial charge on any atom is -0.362 e. The van der Waals surface area contributed by atoms with Crippen LogP contribution >= 0.6 is 0 Å². The predicted molar refractivity (Wildman–Crippen MR) is 107 cm³/mol. The van der Waals surface area contributed by atoms with Crippen LogP contribution in [0.25, 0.3) is 6.08 Å². The van der Waals surface area contributed by atoms with Gasteiger partial charge in [-0.1, -0.05) is 18.2 Å². The fourth-order valence-corrected chi connectivity index (χ4v) is 4.30. The first kappa shape index (κ1) is 19.1. The molecule has 7 heteroatoms. The quantitative estimate of drug-likeness (QED) is 0.474. The summed E-state index contributed by atoms with van der Waals surface area (Å²) in [5.41, 5.74) is 3.83. The van der Waals surface area contributed by atoms with Crippen LogP contribution in [0.3, 0.4) is 0 Å². The molecule has 0 unspecified atom stereocenters. The summed E-state index contributed by atoms with van der Waals surface area (Å²) in [6, 6.07) is 13.4. The topological polar surface area (TPSA) is 72.9 Å². The van der Waals surface area contributed by atoms with Crippen molar-refractivity contribution in [3.63, 3.8) is 0 Å². The van der Waals surface area contributed by atoms with Gasteiger partial charge < -0.3 is 9.80 Å². The molecule has 2 aromatic carbocycles. The van der Waals surface area contributed by atoms with Crippen molar-refractivity contribution >= 4 is 23.6 Å². The molecule has 4 rings (SSSR count). The molecule has 2 aliphatic rings. The van der Waals surface area contributed by atoms with E-state index in [2.05, 4.69) is 4.90 Å². The zero-order valence-electron chi connectivity index (χ0n) is 15.8. The maximum Gasteiger partial charge on any atom is 0.267 e. The molecule has 2 aliphatic heterocycles. The van der Waals surface area contributed by atoms with E-state index in [4.69, 9.17) is 5.21 Å². The fraction of sp³-hybridized carbons (Fsp3) is 0.273. The molecule has 2 saturated heterocycles. The Hall–Kier alpha value is -3.19. The molecule has 0 bridgehead atoms. The van der Waals surface area contributed by atoms with Crippen molar-refractivity contribution < 1.29 is 19.2 Å². The van der Waals surface area contributed by atoms with Crippen LogP contribution in [0.15, 0.2) is 54.6 Å². The van der Waals surface area contributed by atoms with E-state index in [0.717, 1.165) is 30.6 Å². The van der Waals surface area contributed by atoms with Gasteiger partial charge in [0.25, 0.3) is 11.8 Å². The van der Waals surface area contributed by atoms with Crippen molar-refractivity contribution in [2.75, 3.05) is 24.5 Å². The molecule has 2 N–H and O–H groups in total. The number of rotatable bonds is 4. The Kier molecular flexibility index (Phi) is 5.07. The number of nitrogens with one attached hydrogen (secondary N) is 1. The van der Waals surface area contributed by atoms with Gasteiger partial charge in [-0.15, -0.1) is 0 Å². The summed E-state index contributed by atoms with van der Waals surface area (Å²) in [4.78, 5) is 28.2. The van der Waals surface area contributed by atoms with E-state index in [1.54, 1.807) is 16.5 Å². The Morgan fingerprint density at radius 3 is 2.55 bits per heavy atom. The highest BCUT2D eigenvalue weighted by Crippen LogP contribution is 2.42. The summed E-state index contributed by atoms with van der Waals surface area (Å²) >= 11 is 0. The number of nitrogens with zero attached hydrogens (tertiary/aromatic N) is 2. The highest BCUT2D eigenvalue weighted by molar-refractivity contribution is 5.95. The van der Waals surface area contributed by atoms with E-state index >= 15 is 0 Å². The second-order valence-electron chi connectivity index (χ2n) is 7.52. The lowest BCUT2D eigenvalue weighted by molar-refractivity contribution is -0.124. The lowest BCUT2D eigenvalue weighted by Gasteiger charge is -2.53. The molecule has 2 amide bonds. The van der Waals surface area contributed by atoms with Crippen molar-refractivity contribution in [2.45, 2.75) is 18.4 Å². The maximum absolute atomic E-state index is 13.1. The summed E-state index contributed by atoms with van der Waals surface area (Å²) in [6.45, 7) is 2.09. The molecule has 1 spiro atoms. The van der Waals surface area contributed by atoms with Crippen LogP contribution in [0.5, 0.6) is 0 Å². The molecule has 0 atom stereocenters. The van der Waals surface area contributed by atoms with Gasteiger partial charge in [0.1, 0.15) is 5.82 Å². The lowest BCUT2D eigenvalue weighted by Crippen LogP contribution is -2.69. The number of amides is 2. The average Bonchev–Trinajstić information content (AvgIpc) is 3.16. The van der Waals surface area contributed by atoms with Gasteiger partial charge in [-0.3, -0.25) is 14.8 Å². The summed E-state index contributed by atoms with van der Waals surface area (Å²) < 4.78 is 13.1. The highest BCUT2D eigenvalue weighted by Gasteiger charge is 2.52. The van der Waals surface area contributed by atoms with Gasteiger partial charge in [-0.25, -0.2) is 9.87 Å². The SMILES string of the molecule is O=C(/C=C/c1ccccc1N1CCCC12CN(C(=O)c1ccc(F)cc1)C2)NO. The molecule has 0 saturated carbocycles. The number of carbonyl (C=O) groups is 2. The standard InChI is InChI=1S/C22H22FN3O3/c23-18-9-6-17(7-10-18)21(28)25-14-22(15-25)12-3-13-26(22)19-5-2-1-4-16(19)8-11-20(27)24-29/h1-2,4-11,29H,3,12-15H2,(H,24,27)/b11-8+. The number of para-hydroxylation sites is 1. The number of carbonyl (C=O) groups excluding carboxylic acids is 2. The molecular weight excluding hydrogens is 373 g/mol. The van der Waals surface area contributed by atoms with E-state index in [0.29, 0.717) is 18.7 Å². The Morgan fingerprint density at radius 2 is 1.83 bits per heavy atom. The summed E-state index contributed by atoms with van der Waals surface area (Å²) in [5, 5.41) is 8.69. The number of hydrogen-bond acceptors (Lipinski definition) is 4. The largest absolute Gasteiger partial charge is 0.362 e. The third-order valence-electron chi connectivity index (χ3n) is 5.70. The molecule has 29 heavy (non-hydrogen) atoms. The summed E-state index contributed by atoms with van der Waals surface area (Å²) in [5.74, 6) is -1.03. The Morgan fingerprint density at radius 1 is 1.10 bits per heavy atom. The average molecular weight is 395 g/mol. The maximum atomic E-state index is 13.1. The van der Waals surface area contributed by atoms with Crippen molar-refractivity contribution in [1.29, 1.82) is 0 Å². The second kappa shape index (κ2) is 7.67. The number of hydroxylamine groups is 1. The minimum atomic E-state index is -0.587. The smallest absolute Gasteiger partial charge is 0.267 e. The normalized spacial score (nSPS) is 17.6.